The molecule has 1 N–H and O–H groups in total. The predicted octanol–water partition coefficient (Wildman–Crippen LogP) is 3.77. The number of nitrogens with one attached hydrogen (secondary N) is 1. The summed E-state index contributed by atoms with van der Waals surface area (Å²) in [5.74, 6) is 2.05. The summed E-state index contributed by atoms with van der Waals surface area (Å²) in [7, 11) is 1.64. The zero-order chi connectivity index (χ0) is 21.3. The van der Waals surface area contributed by atoms with Crippen molar-refractivity contribution in [3.63, 3.8) is 0 Å². The second kappa shape index (κ2) is 8.39. The van der Waals surface area contributed by atoms with Crippen molar-refractivity contribution in [3.8, 4) is 11.4 Å². The minimum Gasteiger partial charge on any atom is -0.497 e. The predicted molar refractivity (Wildman–Crippen MR) is 118 cm³/mol. The summed E-state index contributed by atoms with van der Waals surface area (Å²) in [4.78, 5) is 17.5. The molecule has 0 fully saturated rings. The van der Waals surface area contributed by atoms with Gasteiger partial charge in [-0.1, -0.05) is 28.1 Å². The van der Waals surface area contributed by atoms with Crippen LogP contribution in [-0.4, -0.2) is 40.0 Å². The van der Waals surface area contributed by atoms with Crippen LogP contribution in [0.4, 0.5) is 0 Å². The molecule has 0 saturated carbocycles. The van der Waals surface area contributed by atoms with Gasteiger partial charge >= 0.3 is 0 Å². The van der Waals surface area contributed by atoms with E-state index in [1.807, 2.05) is 60.9 Å². The molecule has 1 unspecified atom stereocenters. The number of hydrogen-bond acceptors (Lipinski definition) is 5. The number of nitrogens with zero attached hydrogens (tertiary/aromatic N) is 4. The minimum atomic E-state index is -0.463. The lowest BCUT2D eigenvalue weighted by molar-refractivity contribution is -0.121. The Bertz CT molecular complexity index is 1120. The van der Waals surface area contributed by atoms with Gasteiger partial charge < -0.3 is 10.1 Å². The highest BCUT2D eigenvalue weighted by atomic mass is 79.9. The van der Waals surface area contributed by atoms with E-state index in [-0.39, 0.29) is 12.3 Å². The summed E-state index contributed by atoms with van der Waals surface area (Å²) in [5.41, 5.74) is 3.55. The summed E-state index contributed by atoms with van der Waals surface area (Å²) >= 11 is 3.49. The number of ether oxygens (including phenoxy) is 1. The van der Waals surface area contributed by atoms with Crippen LogP contribution in [0.1, 0.15) is 42.2 Å². The Kier molecular flexibility index (Phi) is 5.67. The van der Waals surface area contributed by atoms with Crippen molar-refractivity contribution in [1.29, 1.82) is 0 Å². The number of fused-ring (bicyclic) bond motifs is 3. The number of aliphatic imine (C=N–C) groups is 1. The maximum atomic E-state index is 12.4. The molecule has 1 aliphatic heterocycles. The van der Waals surface area contributed by atoms with Crippen LogP contribution in [0.25, 0.3) is 5.69 Å². The average molecular weight is 468 g/mol. The van der Waals surface area contributed by atoms with E-state index in [1.165, 1.54) is 0 Å². The summed E-state index contributed by atoms with van der Waals surface area (Å²) in [6, 6.07) is 13.4. The van der Waals surface area contributed by atoms with Crippen LogP contribution >= 0.6 is 15.9 Å². The van der Waals surface area contributed by atoms with Crippen LogP contribution in [0.3, 0.4) is 0 Å². The largest absolute Gasteiger partial charge is 0.497 e. The number of rotatable bonds is 5. The number of aromatic nitrogens is 3. The van der Waals surface area contributed by atoms with Crippen molar-refractivity contribution in [2.24, 2.45) is 4.99 Å². The van der Waals surface area contributed by atoms with Crippen molar-refractivity contribution in [2.75, 3.05) is 13.7 Å². The molecule has 0 bridgehead atoms. The van der Waals surface area contributed by atoms with E-state index in [9.17, 15) is 4.79 Å². The number of aryl methyl sites for hydroxylation is 1. The summed E-state index contributed by atoms with van der Waals surface area (Å²) in [6.07, 6.45) is 0.192. The fourth-order valence-corrected chi connectivity index (χ4v) is 3.89. The second-order valence-corrected chi connectivity index (χ2v) is 7.90. The molecule has 1 atom stereocenters. The fourth-order valence-electron chi connectivity index (χ4n) is 3.62. The second-order valence-electron chi connectivity index (χ2n) is 6.98. The highest BCUT2D eigenvalue weighted by Crippen LogP contribution is 2.34. The van der Waals surface area contributed by atoms with Gasteiger partial charge in [-0.05, 0) is 44.2 Å². The highest BCUT2D eigenvalue weighted by Gasteiger charge is 2.29. The first-order chi connectivity index (χ1) is 14.5. The van der Waals surface area contributed by atoms with Gasteiger partial charge in [-0.3, -0.25) is 14.4 Å². The molecule has 1 aromatic heterocycles. The van der Waals surface area contributed by atoms with E-state index in [0.29, 0.717) is 12.4 Å². The van der Waals surface area contributed by atoms with Crippen LogP contribution < -0.4 is 10.1 Å². The lowest BCUT2D eigenvalue weighted by atomic mass is 10.00. The van der Waals surface area contributed by atoms with Gasteiger partial charge in [-0.2, -0.15) is 0 Å². The van der Waals surface area contributed by atoms with Crippen molar-refractivity contribution in [3.05, 3.63) is 69.7 Å². The summed E-state index contributed by atoms with van der Waals surface area (Å²) in [6.45, 7) is 4.37. The highest BCUT2D eigenvalue weighted by molar-refractivity contribution is 9.10. The van der Waals surface area contributed by atoms with E-state index < -0.39 is 6.04 Å². The molecule has 0 saturated heterocycles. The lowest BCUT2D eigenvalue weighted by Crippen LogP contribution is -2.25. The van der Waals surface area contributed by atoms with Crippen LogP contribution in [-0.2, 0) is 4.79 Å². The third-order valence-electron chi connectivity index (χ3n) is 5.00. The van der Waals surface area contributed by atoms with Gasteiger partial charge in [0.2, 0.25) is 5.91 Å². The third kappa shape index (κ3) is 3.75. The van der Waals surface area contributed by atoms with Gasteiger partial charge in [0.25, 0.3) is 0 Å². The molecule has 8 heteroatoms. The molecule has 2 heterocycles. The molecular formula is C22H22BrN5O2. The van der Waals surface area contributed by atoms with Crippen molar-refractivity contribution >= 4 is 27.5 Å². The standard InChI is InChI=1S/C22H22BrN5O2/c1-4-24-20(29)12-18-22-27-26-13(2)28(22)19-10-9-16(30-3)11-17(19)21(25-18)14-5-7-15(23)8-6-14/h5-11,18H,4,12H2,1-3H3,(H,24,29). The van der Waals surface area contributed by atoms with Gasteiger partial charge in [0.15, 0.2) is 5.82 Å². The average Bonchev–Trinajstić information content (AvgIpc) is 3.06. The molecule has 3 aromatic rings. The van der Waals surface area contributed by atoms with E-state index in [2.05, 4.69) is 31.4 Å². The number of benzene rings is 2. The molecule has 154 valence electrons. The Balaban J connectivity index is 1.96. The monoisotopic (exact) mass is 467 g/mol. The molecule has 2 aromatic carbocycles. The molecule has 0 radical (unpaired) electrons. The number of methoxy groups -OCH3 is 1. The minimum absolute atomic E-state index is 0.0721. The third-order valence-corrected chi connectivity index (χ3v) is 5.53. The Morgan fingerprint density at radius 3 is 2.67 bits per heavy atom. The number of carbonyl (C=O) groups excluding carboxylic acids is 1. The topological polar surface area (TPSA) is 81.4 Å². The Labute approximate surface area is 183 Å². The van der Waals surface area contributed by atoms with Crippen molar-refractivity contribution in [1.82, 2.24) is 20.1 Å². The molecule has 4 rings (SSSR count). The van der Waals surface area contributed by atoms with Gasteiger partial charge in [0, 0.05) is 22.1 Å². The van der Waals surface area contributed by atoms with Gasteiger partial charge in [-0.15, -0.1) is 10.2 Å². The fraction of sp³-hybridized carbons (Fsp3) is 0.273. The Morgan fingerprint density at radius 1 is 1.20 bits per heavy atom. The van der Waals surface area contributed by atoms with Crippen molar-refractivity contribution in [2.45, 2.75) is 26.3 Å². The number of hydrogen-bond donors (Lipinski definition) is 1. The first-order valence-corrected chi connectivity index (χ1v) is 10.5. The quantitative estimate of drug-likeness (QED) is 0.619. The zero-order valence-corrected chi connectivity index (χ0v) is 18.6. The lowest BCUT2D eigenvalue weighted by Gasteiger charge is -2.14. The Hall–Kier alpha value is -3.00. The molecule has 1 amide bonds. The first-order valence-electron chi connectivity index (χ1n) is 9.73. The van der Waals surface area contributed by atoms with E-state index in [1.54, 1.807) is 7.11 Å². The molecule has 1 aliphatic rings. The van der Waals surface area contributed by atoms with Gasteiger partial charge in [-0.25, -0.2) is 0 Å². The van der Waals surface area contributed by atoms with E-state index >= 15 is 0 Å². The SMILES string of the molecule is CCNC(=O)CC1N=C(c2ccc(Br)cc2)c2cc(OC)ccc2-n2c(C)nnc21. The first kappa shape index (κ1) is 20.3. The van der Waals surface area contributed by atoms with Gasteiger partial charge in [0.05, 0.1) is 24.9 Å². The number of carbonyl (C=O) groups is 1. The molecular weight excluding hydrogens is 446 g/mol. The zero-order valence-electron chi connectivity index (χ0n) is 17.0. The maximum absolute atomic E-state index is 12.4. The van der Waals surface area contributed by atoms with E-state index in [4.69, 9.17) is 9.73 Å². The maximum Gasteiger partial charge on any atom is 0.222 e. The van der Waals surface area contributed by atoms with Crippen LogP contribution in [0.5, 0.6) is 5.75 Å². The summed E-state index contributed by atoms with van der Waals surface area (Å²) < 4.78 is 8.44. The van der Waals surface area contributed by atoms with Crippen LogP contribution in [0, 0.1) is 6.92 Å². The van der Waals surface area contributed by atoms with E-state index in [0.717, 1.165) is 38.6 Å². The molecule has 0 spiro atoms. The van der Waals surface area contributed by atoms with Crippen LogP contribution in [0.15, 0.2) is 51.9 Å². The smallest absolute Gasteiger partial charge is 0.222 e. The van der Waals surface area contributed by atoms with Gasteiger partial charge in [0.1, 0.15) is 17.6 Å². The van der Waals surface area contributed by atoms with Crippen LogP contribution in [0.2, 0.25) is 0 Å². The number of amides is 1. The Morgan fingerprint density at radius 2 is 1.97 bits per heavy atom. The molecule has 7 nitrogen and oxygen atoms in total. The van der Waals surface area contributed by atoms with Crippen molar-refractivity contribution < 1.29 is 9.53 Å². The molecule has 30 heavy (non-hydrogen) atoms. The molecule has 0 aliphatic carbocycles. The number of halogens is 1. The normalized spacial score (nSPS) is 14.9. The summed E-state index contributed by atoms with van der Waals surface area (Å²) in [5, 5.41) is 11.5.